The van der Waals surface area contributed by atoms with Crippen LogP contribution in [0, 0.1) is 0 Å². The van der Waals surface area contributed by atoms with E-state index in [0.717, 1.165) is 29.4 Å². The fourth-order valence-corrected chi connectivity index (χ4v) is 4.45. The summed E-state index contributed by atoms with van der Waals surface area (Å²) in [5.74, 6) is 0. The monoisotopic (exact) mass is 330 g/mol. The van der Waals surface area contributed by atoms with Gasteiger partial charge in [0.2, 0.25) is 0 Å². The molecule has 2 aliphatic heterocycles. The zero-order valence-electron chi connectivity index (χ0n) is 13.6. The van der Waals surface area contributed by atoms with Crippen LogP contribution in [-0.2, 0) is 28.0 Å². The molecule has 5 heteroatoms. The molecule has 0 amide bonds. The van der Waals surface area contributed by atoms with E-state index in [2.05, 4.69) is 48.0 Å². The molecular formula is C18H22N2O2S. The fourth-order valence-electron chi connectivity index (χ4n) is 3.51. The van der Waals surface area contributed by atoms with Gasteiger partial charge in [-0.15, -0.1) is 11.3 Å². The summed E-state index contributed by atoms with van der Waals surface area (Å²) in [4.78, 5) is 8.19. The normalized spacial score (nSPS) is 21.5. The minimum Gasteiger partial charge on any atom is -0.345 e. The highest BCUT2D eigenvalue weighted by atomic mass is 32.1. The first-order valence-electron chi connectivity index (χ1n) is 8.16. The maximum atomic E-state index is 5.56. The molecule has 1 aromatic carbocycles. The minimum absolute atomic E-state index is 0.0288. The maximum absolute atomic E-state index is 5.56. The molecule has 2 aromatic rings. The van der Waals surface area contributed by atoms with Gasteiger partial charge in [-0.2, -0.15) is 0 Å². The van der Waals surface area contributed by atoms with Crippen LogP contribution in [0.15, 0.2) is 30.5 Å². The number of benzene rings is 1. The van der Waals surface area contributed by atoms with E-state index in [1.54, 1.807) is 11.3 Å². The van der Waals surface area contributed by atoms with Crippen LogP contribution in [-0.4, -0.2) is 29.6 Å². The molecule has 0 aliphatic carbocycles. The standard InChI is InChI=1S/C18H22N2O2S/c1-18(2)14-6-4-3-5-13(14)7-8-20(18)12-16-19-11-15(23-16)17-21-9-10-22-17/h3-6,11,17H,7-10,12H2,1-2H3. The van der Waals surface area contributed by atoms with Crippen molar-refractivity contribution in [3.63, 3.8) is 0 Å². The number of ether oxygens (including phenoxy) is 2. The number of hydrogen-bond acceptors (Lipinski definition) is 5. The molecule has 1 fully saturated rings. The Balaban J connectivity index is 1.53. The van der Waals surface area contributed by atoms with Crippen LogP contribution in [0.3, 0.4) is 0 Å². The third-order valence-corrected chi connectivity index (χ3v) is 5.87. The van der Waals surface area contributed by atoms with Gasteiger partial charge in [-0.25, -0.2) is 4.98 Å². The van der Waals surface area contributed by atoms with Gasteiger partial charge in [-0.05, 0) is 31.4 Å². The van der Waals surface area contributed by atoms with Gasteiger partial charge < -0.3 is 9.47 Å². The lowest BCUT2D eigenvalue weighted by atomic mass is 9.83. The predicted octanol–water partition coefficient (Wildman–Crippen LogP) is 3.48. The van der Waals surface area contributed by atoms with Crippen molar-refractivity contribution in [3.8, 4) is 0 Å². The molecule has 0 atom stereocenters. The second-order valence-electron chi connectivity index (χ2n) is 6.62. The van der Waals surface area contributed by atoms with E-state index in [-0.39, 0.29) is 11.8 Å². The Kier molecular flexibility index (Phi) is 3.97. The highest BCUT2D eigenvalue weighted by Gasteiger charge is 2.34. The van der Waals surface area contributed by atoms with Crippen LogP contribution in [0.2, 0.25) is 0 Å². The zero-order chi connectivity index (χ0) is 15.9. The van der Waals surface area contributed by atoms with Crippen LogP contribution >= 0.6 is 11.3 Å². The van der Waals surface area contributed by atoms with Gasteiger partial charge in [0.1, 0.15) is 5.01 Å². The van der Waals surface area contributed by atoms with Gasteiger partial charge in [0.25, 0.3) is 0 Å². The number of fused-ring (bicyclic) bond motifs is 1. The van der Waals surface area contributed by atoms with Crippen LogP contribution in [0.1, 0.15) is 41.1 Å². The molecule has 1 saturated heterocycles. The highest BCUT2D eigenvalue weighted by molar-refractivity contribution is 7.11. The lowest BCUT2D eigenvalue weighted by molar-refractivity contribution is -0.0414. The second-order valence-corrected chi connectivity index (χ2v) is 7.76. The quantitative estimate of drug-likeness (QED) is 0.863. The summed E-state index contributed by atoms with van der Waals surface area (Å²) in [6, 6.07) is 8.79. The number of nitrogens with zero attached hydrogens (tertiary/aromatic N) is 2. The van der Waals surface area contributed by atoms with Crippen LogP contribution in [0.25, 0.3) is 0 Å². The molecule has 0 saturated carbocycles. The number of aromatic nitrogens is 1. The summed E-state index contributed by atoms with van der Waals surface area (Å²) in [6.07, 6.45) is 2.80. The van der Waals surface area contributed by atoms with Crippen molar-refractivity contribution in [2.45, 2.75) is 38.6 Å². The number of thiazole rings is 1. The van der Waals surface area contributed by atoms with Crippen LogP contribution < -0.4 is 0 Å². The summed E-state index contributed by atoms with van der Waals surface area (Å²) in [5, 5.41) is 1.13. The average molecular weight is 330 g/mol. The summed E-state index contributed by atoms with van der Waals surface area (Å²) in [5.41, 5.74) is 2.94. The van der Waals surface area contributed by atoms with Gasteiger partial charge in [0, 0.05) is 18.3 Å². The third kappa shape index (κ3) is 2.83. The van der Waals surface area contributed by atoms with Crippen molar-refractivity contribution in [1.29, 1.82) is 0 Å². The Hall–Kier alpha value is -1.27. The third-order valence-electron chi connectivity index (χ3n) is 4.87. The van der Waals surface area contributed by atoms with Crippen molar-refractivity contribution in [2.75, 3.05) is 19.8 Å². The molecule has 122 valence electrons. The van der Waals surface area contributed by atoms with Crippen molar-refractivity contribution in [1.82, 2.24) is 9.88 Å². The Bertz CT molecular complexity index is 692. The van der Waals surface area contributed by atoms with Crippen molar-refractivity contribution >= 4 is 11.3 Å². The maximum Gasteiger partial charge on any atom is 0.194 e. The van der Waals surface area contributed by atoms with E-state index in [4.69, 9.17) is 9.47 Å². The largest absolute Gasteiger partial charge is 0.345 e. The van der Waals surface area contributed by atoms with E-state index in [1.165, 1.54) is 11.1 Å². The molecule has 3 heterocycles. The first-order chi connectivity index (χ1) is 11.1. The summed E-state index contributed by atoms with van der Waals surface area (Å²) in [6.45, 7) is 7.90. The summed E-state index contributed by atoms with van der Waals surface area (Å²) < 4.78 is 11.1. The topological polar surface area (TPSA) is 34.6 Å². The van der Waals surface area contributed by atoms with Crippen LogP contribution in [0.4, 0.5) is 0 Å². The second kappa shape index (κ2) is 5.98. The van der Waals surface area contributed by atoms with Gasteiger partial charge in [-0.3, -0.25) is 4.90 Å². The molecule has 0 bridgehead atoms. The first kappa shape index (κ1) is 15.3. The molecule has 23 heavy (non-hydrogen) atoms. The van der Waals surface area contributed by atoms with Gasteiger partial charge in [0.15, 0.2) is 6.29 Å². The van der Waals surface area contributed by atoms with Gasteiger partial charge >= 0.3 is 0 Å². The highest BCUT2D eigenvalue weighted by Crippen LogP contribution is 2.37. The smallest absolute Gasteiger partial charge is 0.194 e. The lowest BCUT2D eigenvalue weighted by Gasteiger charge is -2.43. The van der Waals surface area contributed by atoms with E-state index >= 15 is 0 Å². The van der Waals surface area contributed by atoms with Crippen molar-refractivity contribution in [2.24, 2.45) is 0 Å². The molecule has 4 nitrogen and oxygen atoms in total. The number of hydrogen-bond donors (Lipinski definition) is 0. The SMILES string of the molecule is CC1(C)c2ccccc2CCN1Cc1ncc(C2OCCO2)s1. The molecule has 2 aliphatic rings. The fraction of sp³-hybridized carbons (Fsp3) is 0.500. The summed E-state index contributed by atoms with van der Waals surface area (Å²) >= 11 is 1.70. The molecule has 0 unspecified atom stereocenters. The molecule has 0 spiro atoms. The average Bonchev–Trinajstić information content (AvgIpc) is 3.21. The minimum atomic E-state index is -0.212. The molecular weight excluding hydrogens is 308 g/mol. The Morgan fingerprint density at radius 3 is 2.87 bits per heavy atom. The van der Waals surface area contributed by atoms with Gasteiger partial charge in [0.05, 0.1) is 24.6 Å². The predicted molar refractivity (Wildman–Crippen MR) is 90.3 cm³/mol. The Labute approximate surface area is 141 Å². The zero-order valence-corrected chi connectivity index (χ0v) is 14.4. The lowest BCUT2D eigenvalue weighted by Crippen LogP contribution is -2.46. The molecule has 0 N–H and O–H groups in total. The molecule has 4 rings (SSSR count). The van der Waals surface area contributed by atoms with E-state index in [0.29, 0.717) is 13.2 Å². The molecule has 0 radical (unpaired) electrons. The Morgan fingerprint density at radius 2 is 2.04 bits per heavy atom. The van der Waals surface area contributed by atoms with E-state index < -0.39 is 0 Å². The van der Waals surface area contributed by atoms with Crippen molar-refractivity contribution in [3.05, 3.63) is 51.5 Å². The van der Waals surface area contributed by atoms with Gasteiger partial charge in [-0.1, -0.05) is 24.3 Å². The Morgan fingerprint density at radius 1 is 1.26 bits per heavy atom. The van der Waals surface area contributed by atoms with E-state index in [9.17, 15) is 0 Å². The van der Waals surface area contributed by atoms with Crippen molar-refractivity contribution < 1.29 is 9.47 Å². The van der Waals surface area contributed by atoms with E-state index in [1.807, 2.05) is 6.20 Å². The first-order valence-corrected chi connectivity index (χ1v) is 8.97. The summed E-state index contributed by atoms with van der Waals surface area (Å²) in [7, 11) is 0. The van der Waals surface area contributed by atoms with Crippen LogP contribution in [0.5, 0.6) is 0 Å². The molecule has 1 aromatic heterocycles. The number of rotatable bonds is 3.